The molecular formula is C25H27N5O3S3. The van der Waals surface area contributed by atoms with Crippen molar-refractivity contribution in [3.05, 3.63) is 40.3 Å². The number of anilines is 1. The Balaban J connectivity index is 1.44. The van der Waals surface area contributed by atoms with E-state index in [0.717, 1.165) is 39.6 Å². The smallest absolute Gasteiger partial charge is 0.234 e. The van der Waals surface area contributed by atoms with Gasteiger partial charge < -0.3 is 10.1 Å². The summed E-state index contributed by atoms with van der Waals surface area (Å²) in [7, 11) is 0. The fraction of sp³-hybridized carbons (Fsp3) is 0.400. The fourth-order valence-electron chi connectivity index (χ4n) is 4.09. The van der Waals surface area contributed by atoms with Gasteiger partial charge in [-0.1, -0.05) is 30.4 Å². The molecule has 188 valence electrons. The van der Waals surface area contributed by atoms with E-state index in [1.54, 1.807) is 47.4 Å². The Morgan fingerprint density at radius 2 is 1.94 bits per heavy atom. The fourth-order valence-corrected chi connectivity index (χ4v) is 6.88. The summed E-state index contributed by atoms with van der Waals surface area (Å²) < 4.78 is 8.03. The van der Waals surface area contributed by atoms with E-state index in [0.29, 0.717) is 23.0 Å². The summed E-state index contributed by atoms with van der Waals surface area (Å²) in [5.41, 5.74) is 3.04. The van der Waals surface area contributed by atoms with E-state index >= 15 is 0 Å². The van der Waals surface area contributed by atoms with E-state index in [-0.39, 0.29) is 23.0 Å². The van der Waals surface area contributed by atoms with E-state index in [9.17, 15) is 9.59 Å². The maximum atomic E-state index is 12.7. The minimum atomic E-state index is -0.244. The number of amides is 1. The first kappa shape index (κ1) is 25.2. The number of nitrogens with one attached hydrogen (secondary N) is 1. The molecule has 0 saturated heterocycles. The van der Waals surface area contributed by atoms with Gasteiger partial charge in [-0.2, -0.15) is 0 Å². The van der Waals surface area contributed by atoms with Crippen molar-refractivity contribution < 1.29 is 14.3 Å². The van der Waals surface area contributed by atoms with Crippen LogP contribution in [0.4, 0.5) is 5.69 Å². The quantitative estimate of drug-likeness (QED) is 0.174. The van der Waals surface area contributed by atoms with Gasteiger partial charge in [-0.15, -0.1) is 21.5 Å². The third-order valence-corrected chi connectivity index (χ3v) is 9.03. The Kier molecular flexibility index (Phi) is 7.08. The molecule has 1 aromatic carbocycles. The highest BCUT2D eigenvalue weighted by molar-refractivity contribution is 8.00. The maximum Gasteiger partial charge on any atom is 0.234 e. The van der Waals surface area contributed by atoms with Crippen LogP contribution in [-0.2, 0) is 22.6 Å². The third-order valence-electron chi connectivity index (χ3n) is 5.86. The molecule has 1 N–H and O–H groups in total. The van der Waals surface area contributed by atoms with Gasteiger partial charge in [-0.25, -0.2) is 9.38 Å². The average Bonchev–Trinajstić information content (AvgIpc) is 3.41. The number of hydrogen-bond donors (Lipinski definition) is 1. The normalized spacial score (nSPS) is 14.8. The van der Waals surface area contributed by atoms with Gasteiger partial charge in [0, 0.05) is 28.3 Å². The second-order valence-corrected chi connectivity index (χ2v) is 12.4. The van der Waals surface area contributed by atoms with Crippen molar-refractivity contribution in [2.45, 2.75) is 63.1 Å². The van der Waals surface area contributed by atoms with Gasteiger partial charge in [0.1, 0.15) is 4.83 Å². The van der Waals surface area contributed by atoms with Crippen LogP contribution in [-0.4, -0.2) is 48.4 Å². The minimum absolute atomic E-state index is 0.00967. The van der Waals surface area contributed by atoms with Gasteiger partial charge in [-0.05, 0) is 57.0 Å². The second kappa shape index (κ2) is 10.1. The van der Waals surface area contributed by atoms with Crippen LogP contribution in [0, 0.1) is 0 Å². The molecule has 4 heterocycles. The summed E-state index contributed by atoms with van der Waals surface area (Å²) in [5.74, 6) is 0.933. The van der Waals surface area contributed by atoms with E-state index < -0.39 is 0 Å². The summed E-state index contributed by atoms with van der Waals surface area (Å²) in [4.78, 5) is 31.3. The van der Waals surface area contributed by atoms with E-state index in [2.05, 4.69) is 36.3 Å². The summed E-state index contributed by atoms with van der Waals surface area (Å²) in [6, 6.07) is 6.88. The molecule has 0 saturated carbocycles. The predicted molar refractivity (Wildman–Crippen MR) is 146 cm³/mol. The summed E-state index contributed by atoms with van der Waals surface area (Å²) in [5, 5.41) is 14.4. The number of fused-ring (bicyclic) bond motifs is 5. The third kappa shape index (κ3) is 5.02. The molecule has 8 nitrogen and oxygen atoms in total. The van der Waals surface area contributed by atoms with E-state index in [1.807, 2.05) is 4.40 Å². The second-order valence-electron chi connectivity index (χ2n) is 9.26. The first-order chi connectivity index (χ1) is 17.3. The van der Waals surface area contributed by atoms with Crippen LogP contribution in [0.25, 0.3) is 15.9 Å². The molecule has 0 aliphatic carbocycles. The van der Waals surface area contributed by atoms with E-state index in [1.165, 1.54) is 29.1 Å². The zero-order valence-electron chi connectivity index (χ0n) is 20.6. The molecule has 0 fully saturated rings. The molecule has 5 rings (SSSR count). The molecule has 1 aliphatic rings. The lowest BCUT2D eigenvalue weighted by atomic mass is 9.94. The Labute approximate surface area is 221 Å². The van der Waals surface area contributed by atoms with Gasteiger partial charge >= 0.3 is 0 Å². The number of carbonyl (C=O) groups is 2. The van der Waals surface area contributed by atoms with Crippen molar-refractivity contribution in [2.75, 3.05) is 16.8 Å². The van der Waals surface area contributed by atoms with E-state index in [4.69, 9.17) is 9.72 Å². The van der Waals surface area contributed by atoms with Crippen molar-refractivity contribution >= 4 is 68.1 Å². The number of nitrogens with zero attached hydrogens (tertiary/aromatic N) is 4. The van der Waals surface area contributed by atoms with Crippen molar-refractivity contribution in [3.8, 4) is 0 Å². The molecule has 0 bridgehead atoms. The lowest BCUT2D eigenvalue weighted by Gasteiger charge is -2.30. The number of rotatable bonds is 8. The first-order valence-corrected chi connectivity index (χ1v) is 14.5. The highest BCUT2D eigenvalue weighted by atomic mass is 32.2. The van der Waals surface area contributed by atoms with Crippen LogP contribution in [0.5, 0.6) is 0 Å². The zero-order valence-corrected chi connectivity index (χ0v) is 23.0. The lowest BCUT2D eigenvalue weighted by molar-refractivity contribution is -0.113. The van der Waals surface area contributed by atoms with Gasteiger partial charge in [0.25, 0.3) is 0 Å². The van der Waals surface area contributed by atoms with Crippen molar-refractivity contribution in [1.29, 1.82) is 0 Å². The largest absolute Gasteiger partial charge is 0.370 e. The number of thiophene rings is 1. The van der Waals surface area contributed by atoms with Gasteiger partial charge in [0.05, 0.1) is 23.3 Å². The number of hydrogen-bond acceptors (Lipinski definition) is 9. The van der Waals surface area contributed by atoms with Gasteiger partial charge in [-0.3, -0.25) is 9.59 Å². The monoisotopic (exact) mass is 541 g/mol. The van der Waals surface area contributed by atoms with Gasteiger partial charge in [0.15, 0.2) is 21.7 Å². The minimum Gasteiger partial charge on any atom is -0.370 e. The maximum absolute atomic E-state index is 12.7. The molecule has 3 aromatic heterocycles. The van der Waals surface area contributed by atoms with Crippen LogP contribution >= 0.6 is 34.9 Å². The molecule has 0 radical (unpaired) electrons. The van der Waals surface area contributed by atoms with Crippen LogP contribution in [0.15, 0.2) is 34.6 Å². The molecule has 4 aromatic rings. The topological polar surface area (TPSA) is 98.5 Å². The number of aromatic nitrogens is 4. The zero-order chi connectivity index (χ0) is 25.4. The number of Topliss-reactive ketones (excluding diaryl/α,β-unsaturated/α-hetero) is 1. The predicted octanol–water partition coefficient (Wildman–Crippen LogP) is 5.63. The Bertz CT molecular complexity index is 1460. The molecule has 11 heteroatoms. The Morgan fingerprint density at radius 3 is 2.67 bits per heavy atom. The number of benzene rings is 1. The summed E-state index contributed by atoms with van der Waals surface area (Å²) in [6.45, 7) is 8.44. The highest BCUT2D eigenvalue weighted by Crippen LogP contribution is 2.41. The molecule has 1 amide bonds. The number of carbonyl (C=O) groups excluding carboxylic acids is 2. The van der Waals surface area contributed by atoms with Crippen LogP contribution in [0.1, 0.15) is 54.9 Å². The van der Waals surface area contributed by atoms with Crippen LogP contribution < -0.4 is 5.32 Å². The summed E-state index contributed by atoms with van der Waals surface area (Å²) >= 11 is 4.68. The molecule has 0 atom stereocenters. The molecule has 0 unspecified atom stereocenters. The molecule has 1 aliphatic heterocycles. The van der Waals surface area contributed by atoms with Crippen molar-refractivity contribution in [1.82, 2.24) is 19.6 Å². The lowest BCUT2D eigenvalue weighted by Crippen LogP contribution is -2.31. The molecular weight excluding hydrogens is 515 g/mol. The number of thioether (sulfide) groups is 2. The van der Waals surface area contributed by atoms with Crippen molar-refractivity contribution in [3.63, 3.8) is 0 Å². The Morgan fingerprint density at radius 1 is 1.17 bits per heavy atom. The standard InChI is InChI=1S/C25H27N5O3S3/c1-5-10-34-23-27-22-20(17-11-25(3,4)33-12-18(17)36-22)21-28-29-24(30(21)23)35-13-19(32)26-16-8-6-15(7-9-16)14(2)31/h6-9H,5,10-13H2,1-4H3,(H,26,32). The number of ether oxygens (including phenoxy) is 1. The Hall–Kier alpha value is -2.47. The molecule has 0 spiro atoms. The van der Waals surface area contributed by atoms with Crippen molar-refractivity contribution in [2.24, 2.45) is 0 Å². The SMILES string of the molecule is CCCSc1nc2sc3c(c2c2nnc(SCC(=O)Nc4ccc(C(C)=O)cc4)n12)CC(C)(C)OC3. The average molecular weight is 542 g/mol. The van der Waals surface area contributed by atoms with Crippen LogP contribution in [0.2, 0.25) is 0 Å². The number of ketones is 1. The van der Waals surface area contributed by atoms with Crippen LogP contribution in [0.3, 0.4) is 0 Å². The highest BCUT2D eigenvalue weighted by Gasteiger charge is 2.31. The summed E-state index contributed by atoms with van der Waals surface area (Å²) in [6.07, 6.45) is 1.81. The molecule has 36 heavy (non-hydrogen) atoms. The first-order valence-electron chi connectivity index (χ1n) is 11.8. The van der Waals surface area contributed by atoms with Gasteiger partial charge in [0.2, 0.25) is 5.91 Å².